The molecule has 0 radical (unpaired) electrons. The number of H-pyrrole nitrogens is 1. The first-order valence-electron chi connectivity index (χ1n) is 5.67. The third-order valence-corrected chi connectivity index (χ3v) is 3.46. The van der Waals surface area contributed by atoms with Crippen molar-refractivity contribution in [2.45, 2.75) is 19.9 Å². The van der Waals surface area contributed by atoms with Crippen molar-refractivity contribution in [3.63, 3.8) is 0 Å². The molecule has 3 aromatic rings. The summed E-state index contributed by atoms with van der Waals surface area (Å²) in [6.45, 7) is 2.43. The zero-order valence-electron chi connectivity index (χ0n) is 10.1. The number of aryl methyl sites for hydroxylation is 3. The fraction of sp³-hybridized carbons (Fsp3) is 0.273. The average Bonchev–Trinajstić information content (AvgIpc) is 2.89. The van der Waals surface area contributed by atoms with Gasteiger partial charge in [-0.3, -0.25) is 0 Å². The second kappa shape index (κ2) is 4.86. The van der Waals surface area contributed by atoms with E-state index in [0.717, 1.165) is 15.6 Å². The van der Waals surface area contributed by atoms with Crippen molar-refractivity contribution in [1.29, 1.82) is 0 Å². The molecule has 0 fully saturated rings. The van der Waals surface area contributed by atoms with Crippen molar-refractivity contribution in [2.75, 3.05) is 0 Å². The Morgan fingerprint density at radius 2 is 2.37 bits per heavy atom. The van der Waals surface area contributed by atoms with Crippen LogP contribution in [0.3, 0.4) is 0 Å². The van der Waals surface area contributed by atoms with Crippen molar-refractivity contribution in [2.24, 2.45) is 0 Å². The molecule has 3 aromatic heterocycles. The lowest BCUT2D eigenvalue weighted by Crippen LogP contribution is -2.03. The summed E-state index contributed by atoms with van der Waals surface area (Å²) in [5, 5.41) is 3.87. The molecule has 0 aromatic carbocycles. The highest BCUT2D eigenvalue weighted by atomic mass is 79.9. The normalized spacial score (nSPS) is 11.3. The number of aromatic nitrogens is 5. The van der Waals surface area contributed by atoms with E-state index in [1.807, 2.05) is 10.6 Å². The molecule has 0 saturated heterocycles. The van der Waals surface area contributed by atoms with E-state index >= 15 is 0 Å². The minimum Gasteiger partial charge on any atom is -0.340 e. The van der Waals surface area contributed by atoms with E-state index in [9.17, 15) is 0 Å². The summed E-state index contributed by atoms with van der Waals surface area (Å²) in [6.07, 6.45) is 2.40. The summed E-state index contributed by atoms with van der Waals surface area (Å²) in [5.74, 6) is 1.24. The van der Waals surface area contributed by atoms with Gasteiger partial charge in [0.2, 0.25) is 5.89 Å². The van der Waals surface area contributed by atoms with E-state index in [1.165, 1.54) is 0 Å². The van der Waals surface area contributed by atoms with Gasteiger partial charge in [0.25, 0.3) is 0 Å². The molecule has 0 aliphatic rings. The van der Waals surface area contributed by atoms with Crippen LogP contribution >= 0.6 is 28.1 Å². The van der Waals surface area contributed by atoms with Gasteiger partial charge in [-0.25, -0.2) is 4.98 Å². The Kier molecular flexibility index (Phi) is 3.19. The number of imidazole rings is 1. The predicted octanol–water partition coefficient (Wildman–Crippen LogP) is 2.79. The Morgan fingerprint density at radius 3 is 3.11 bits per heavy atom. The molecule has 0 atom stereocenters. The Balaban J connectivity index is 1.92. The minimum atomic E-state index is 0.569. The average molecular weight is 340 g/mol. The van der Waals surface area contributed by atoms with E-state index in [2.05, 4.69) is 36.0 Å². The van der Waals surface area contributed by atoms with Gasteiger partial charge in [-0.15, -0.1) is 0 Å². The number of pyridine rings is 1. The Hall–Kier alpha value is -1.54. The molecule has 0 aliphatic heterocycles. The van der Waals surface area contributed by atoms with Crippen molar-refractivity contribution in [3.05, 3.63) is 33.2 Å². The molecule has 98 valence electrons. The van der Waals surface area contributed by atoms with Crippen LogP contribution in [-0.2, 0) is 13.0 Å². The van der Waals surface area contributed by atoms with Gasteiger partial charge in [0, 0.05) is 30.6 Å². The lowest BCUT2D eigenvalue weighted by Gasteiger charge is -2.01. The first kappa shape index (κ1) is 12.5. The maximum Gasteiger partial charge on any atom is 0.223 e. The van der Waals surface area contributed by atoms with Gasteiger partial charge in [-0.1, -0.05) is 5.16 Å². The van der Waals surface area contributed by atoms with Crippen LogP contribution in [0, 0.1) is 11.7 Å². The molecule has 0 bridgehead atoms. The van der Waals surface area contributed by atoms with Crippen molar-refractivity contribution in [3.8, 4) is 0 Å². The highest BCUT2D eigenvalue weighted by Crippen LogP contribution is 2.17. The molecule has 3 heterocycles. The van der Waals surface area contributed by atoms with Gasteiger partial charge in [0.05, 0.1) is 5.52 Å². The maximum atomic E-state index is 5.30. The molecule has 0 spiro atoms. The second-order valence-corrected chi connectivity index (χ2v) is 5.39. The number of rotatable bonds is 3. The molecule has 0 aliphatic carbocycles. The summed E-state index contributed by atoms with van der Waals surface area (Å²) >= 11 is 8.69. The Morgan fingerprint density at radius 1 is 1.53 bits per heavy atom. The number of fused-ring (bicyclic) bond motifs is 1. The van der Waals surface area contributed by atoms with Crippen LogP contribution in [0.15, 0.2) is 21.3 Å². The van der Waals surface area contributed by atoms with E-state index in [0.29, 0.717) is 29.5 Å². The smallest absolute Gasteiger partial charge is 0.223 e. The molecule has 1 N–H and O–H groups in total. The molecule has 0 saturated carbocycles. The van der Waals surface area contributed by atoms with Crippen LogP contribution in [0.4, 0.5) is 0 Å². The van der Waals surface area contributed by atoms with Crippen LogP contribution in [0.25, 0.3) is 11.2 Å². The number of halogens is 1. The largest absolute Gasteiger partial charge is 0.340 e. The van der Waals surface area contributed by atoms with Gasteiger partial charge < -0.3 is 14.1 Å². The monoisotopic (exact) mass is 339 g/mol. The molecule has 3 rings (SSSR count). The van der Waals surface area contributed by atoms with E-state index < -0.39 is 0 Å². The zero-order chi connectivity index (χ0) is 13.4. The molecule has 0 amide bonds. The number of hydrogen-bond acceptors (Lipinski definition) is 5. The summed E-state index contributed by atoms with van der Waals surface area (Å²) in [4.78, 5) is 11.7. The van der Waals surface area contributed by atoms with Gasteiger partial charge in [-0.2, -0.15) is 4.98 Å². The Labute approximate surface area is 122 Å². The predicted molar refractivity (Wildman–Crippen MR) is 75.4 cm³/mol. The quantitative estimate of drug-likeness (QED) is 0.743. The number of hydrogen-bond donors (Lipinski definition) is 1. The SMILES string of the molecule is Cc1nc(CCn2c(=S)[nH]c3cc(Br)cnc32)no1. The number of nitrogens with one attached hydrogen (secondary N) is 1. The molecule has 19 heavy (non-hydrogen) atoms. The summed E-state index contributed by atoms with van der Waals surface area (Å²) < 4.78 is 8.43. The van der Waals surface area contributed by atoms with Crippen LogP contribution < -0.4 is 0 Å². The van der Waals surface area contributed by atoms with Crippen molar-refractivity contribution >= 4 is 39.3 Å². The van der Waals surface area contributed by atoms with Crippen molar-refractivity contribution in [1.82, 2.24) is 24.7 Å². The highest BCUT2D eigenvalue weighted by molar-refractivity contribution is 9.10. The standard InChI is InChI=1S/C11H10BrN5OS/c1-6-14-9(16-18-6)2-3-17-10-8(15-11(17)19)4-7(12)5-13-10/h4-5H,2-3H2,1H3,(H,15,19). The van der Waals surface area contributed by atoms with Crippen LogP contribution in [0.5, 0.6) is 0 Å². The maximum absolute atomic E-state index is 5.30. The fourth-order valence-electron chi connectivity index (χ4n) is 1.88. The van der Waals surface area contributed by atoms with Crippen LogP contribution in [-0.4, -0.2) is 24.7 Å². The molecule has 0 unspecified atom stereocenters. The fourth-order valence-corrected chi connectivity index (χ4v) is 2.50. The highest BCUT2D eigenvalue weighted by Gasteiger charge is 2.08. The first-order valence-corrected chi connectivity index (χ1v) is 6.87. The molecular formula is C11H10BrN5OS. The van der Waals surface area contributed by atoms with Gasteiger partial charge in [0.15, 0.2) is 16.2 Å². The van der Waals surface area contributed by atoms with Crippen LogP contribution in [0.2, 0.25) is 0 Å². The minimum absolute atomic E-state index is 0.569. The zero-order valence-corrected chi connectivity index (χ0v) is 12.5. The summed E-state index contributed by atoms with van der Waals surface area (Å²) in [5.41, 5.74) is 1.73. The Bertz CT molecular complexity index is 790. The van der Waals surface area contributed by atoms with Gasteiger partial charge >= 0.3 is 0 Å². The number of aromatic amines is 1. The second-order valence-electron chi connectivity index (χ2n) is 4.09. The molecular weight excluding hydrogens is 330 g/mol. The summed E-state index contributed by atoms with van der Waals surface area (Å²) in [6, 6.07) is 1.95. The van der Waals surface area contributed by atoms with E-state index in [4.69, 9.17) is 16.7 Å². The van der Waals surface area contributed by atoms with Gasteiger partial charge in [0.1, 0.15) is 0 Å². The number of nitrogens with zero attached hydrogens (tertiary/aromatic N) is 4. The van der Waals surface area contributed by atoms with E-state index in [-0.39, 0.29) is 0 Å². The molecule has 6 nitrogen and oxygen atoms in total. The lowest BCUT2D eigenvalue weighted by molar-refractivity contribution is 0.386. The topological polar surface area (TPSA) is 72.5 Å². The van der Waals surface area contributed by atoms with E-state index in [1.54, 1.807) is 13.1 Å². The third kappa shape index (κ3) is 2.45. The summed E-state index contributed by atoms with van der Waals surface area (Å²) in [7, 11) is 0. The van der Waals surface area contributed by atoms with Crippen molar-refractivity contribution < 1.29 is 4.52 Å². The molecule has 8 heteroatoms. The van der Waals surface area contributed by atoms with Crippen LogP contribution in [0.1, 0.15) is 11.7 Å². The lowest BCUT2D eigenvalue weighted by atomic mass is 10.4. The first-order chi connectivity index (χ1) is 9.13. The van der Waals surface area contributed by atoms with Gasteiger partial charge in [-0.05, 0) is 34.2 Å². The third-order valence-electron chi connectivity index (χ3n) is 2.70.